The van der Waals surface area contributed by atoms with Gasteiger partial charge in [-0.05, 0) is 32.9 Å². The van der Waals surface area contributed by atoms with E-state index in [4.69, 9.17) is 4.74 Å². The molecule has 0 spiro atoms. The molecule has 0 N–H and O–H groups in total. The third-order valence-electron chi connectivity index (χ3n) is 4.72. The highest BCUT2D eigenvalue weighted by Crippen LogP contribution is 2.25. The number of likely N-dealkylation sites (N-methyl/N-ethyl adjacent to an activating group) is 1. The molecule has 0 radical (unpaired) electrons. The number of nitrogens with zero attached hydrogens (tertiary/aromatic N) is 3. The number of amides is 1. The Kier molecular flexibility index (Phi) is 6.44. The topological polar surface area (TPSA) is 64.4 Å². The summed E-state index contributed by atoms with van der Waals surface area (Å²) in [6.07, 6.45) is 1.65. The van der Waals surface area contributed by atoms with Gasteiger partial charge in [-0.25, -0.2) is 9.48 Å². The SMILES string of the molecule is CCN(CC)C(=O)COC(=O)c1cn(-c2ccccc2)nc1-c1ccc(C)cc1. The van der Waals surface area contributed by atoms with Gasteiger partial charge in [0.05, 0.1) is 5.69 Å². The molecule has 2 aromatic carbocycles. The van der Waals surface area contributed by atoms with Crippen molar-refractivity contribution in [2.24, 2.45) is 0 Å². The Morgan fingerprint density at radius 1 is 1.00 bits per heavy atom. The zero-order chi connectivity index (χ0) is 20.8. The van der Waals surface area contributed by atoms with Crippen molar-refractivity contribution in [3.05, 3.63) is 71.9 Å². The fraction of sp³-hybridized carbons (Fsp3) is 0.261. The molecule has 6 nitrogen and oxygen atoms in total. The Balaban J connectivity index is 1.91. The summed E-state index contributed by atoms with van der Waals surface area (Å²) in [4.78, 5) is 26.6. The summed E-state index contributed by atoms with van der Waals surface area (Å²) < 4.78 is 6.98. The molecule has 150 valence electrons. The minimum Gasteiger partial charge on any atom is -0.452 e. The van der Waals surface area contributed by atoms with Gasteiger partial charge in [0.1, 0.15) is 11.3 Å². The molecule has 29 heavy (non-hydrogen) atoms. The van der Waals surface area contributed by atoms with Crippen molar-refractivity contribution in [2.75, 3.05) is 19.7 Å². The van der Waals surface area contributed by atoms with Gasteiger partial charge in [-0.15, -0.1) is 0 Å². The van der Waals surface area contributed by atoms with Gasteiger partial charge in [-0.1, -0.05) is 48.0 Å². The van der Waals surface area contributed by atoms with Crippen LogP contribution in [-0.4, -0.2) is 46.3 Å². The van der Waals surface area contributed by atoms with Crippen molar-refractivity contribution in [3.8, 4) is 16.9 Å². The molecule has 0 aliphatic heterocycles. The highest BCUT2D eigenvalue weighted by atomic mass is 16.5. The second kappa shape index (κ2) is 9.19. The highest BCUT2D eigenvalue weighted by Gasteiger charge is 2.21. The fourth-order valence-electron chi connectivity index (χ4n) is 3.03. The summed E-state index contributed by atoms with van der Waals surface area (Å²) >= 11 is 0. The van der Waals surface area contributed by atoms with Crippen LogP contribution in [0.1, 0.15) is 29.8 Å². The molecule has 0 unspecified atom stereocenters. The van der Waals surface area contributed by atoms with Crippen molar-refractivity contribution in [3.63, 3.8) is 0 Å². The van der Waals surface area contributed by atoms with Gasteiger partial charge in [0.15, 0.2) is 6.61 Å². The molecule has 0 saturated carbocycles. The predicted octanol–water partition coefficient (Wildman–Crippen LogP) is 3.87. The second-order valence-corrected chi connectivity index (χ2v) is 6.68. The van der Waals surface area contributed by atoms with Crippen molar-refractivity contribution in [1.82, 2.24) is 14.7 Å². The number of carbonyl (C=O) groups excluding carboxylic acids is 2. The normalized spacial score (nSPS) is 10.6. The minimum absolute atomic E-state index is 0.212. The molecular formula is C23H25N3O3. The number of hydrogen-bond donors (Lipinski definition) is 0. The molecule has 0 aliphatic carbocycles. The number of esters is 1. The van der Waals surface area contributed by atoms with E-state index >= 15 is 0 Å². The Bertz CT molecular complexity index is 974. The maximum Gasteiger partial charge on any atom is 0.342 e. The van der Waals surface area contributed by atoms with Crippen molar-refractivity contribution in [1.29, 1.82) is 0 Å². The van der Waals surface area contributed by atoms with Gasteiger partial charge < -0.3 is 9.64 Å². The lowest BCUT2D eigenvalue weighted by Gasteiger charge is -2.18. The van der Waals surface area contributed by atoms with Crippen LogP contribution in [0.5, 0.6) is 0 Å². The van der Waals surface area contributed by atoms with E-state index in [1.54, 1.807) is 15.8 Å². The van der Waals surface area contributed by atoms with E-state index < -0.39 is 5.97 Å². The molecule has 6 heteroatoms. The molecule has 0 atom stereocenters. The lowest BCUT2D eigenvalue weighted by molar-refractivity contribution is -0.134. The first-order chi connectivity index (χ1) is 14.0. The summed E-state index contributed by atoms with van der Waals surface area (Å²) in [6, 6.07) is 17.3. The molecule has 0 saturated heterocycles. The van der Waals surface area contributed by atoms with E-state index in [-0.39, 0.29) is 12.5 Å². The number of hydrogen-bond acceptors (Lipinski definition) is 4. The number of carbonyl (C=O) groups is 2. The smallest absolute Gasteiger partial charge is 0.342 e. The van der Waals surface area contributed by atoms with E-state index in [2.05, 4.69) is 5.10 Å². The Hall–Kier alpha value is -3.41. The van der Waals surface area contributed by atoms with Gasteiger partial charge in [0.25, 0.3) is 5.91 Å². The summed E-state index contributed by atoms with van der Waals surface area (Å²) in [7, 11) is 0. The molecule has 1 aromatic heterocycles. The van der Waals surface area contributed by atoms with Gasteiger partial charge in [-0.3, -0.25) is 4.79 Å². The maximum atomic E-state index is 12.8. The fourth-order valence-corrected chi connectivity index (χ4v) is 3.03. The number of para-hydroxylation sites is 1. The van der Waals surface area contributed by atoms with Crippen LogP contribution < -0.4 is 0 Å². The van der Waals surface area contributed by atoms with E-state index in [1.807, 2.05) is 75.4 Å². The van der Waals surface area contributed by atoms with E-state index in [0.29, 0.717) is 24.3 Å². The highest BCUT2D eigenvalue weighted by molar-refractivity contribution is 5.97. The monoisotopic (exact) mass is 391 g/mol. The van der Waals surface area contributed by atoms with Gasteiger partial charge >= 0.3 is 5.97 Å². The average Bonchev–Trinajstić information content (AvgIpc) is 3.19. The number of aryl methyl sites for hydroxylation is 1. The molecule has 3 rings (SSSR count). The van der Waals surface area contributed by atoms with Crippen LogP contribution in [0.15, 0.2) is 60.8 Å². The third kappa shape index (κ3) is 4.71. The van der Waals surface area contributed by atoms with E-state index in [0.717, 1.165) is 16.8 Å². The van der Waals surface area contributed by atoms with Crippen molar-refractivity contribution in [2.45, 2.75) is 20.8 Å². The van der Waals surface area contributed by atoms with Crippen LogP contribution in [0.3, 0.4) is 0 Å². The largest absolute Gasteiger partial charge is 0.452 e. The predicted molar refractivity (Wildman–Crippen MR) is 112 cm³/mol. The first-order valence-electron chi connectivity index (χ1n) is 9.70. The second-order valence-electron chi connectivity index (χ2n) is 6.68. The number of benzene rings is 2. The number of ether oxygens (including phenoxy) is 1. The Morgan fingerprint density at radius 2 is 1.66 bits per heavy atom. The summed E-state index contributed by atoms with van der Waals surface area (Å²) in [5.41, 5.74) is 3.61. The quantitative estimate of drug-likeness (QED) is 0.574. The standard InChI is InChI=1S/C23H25N3O3/c1-4-25(5-2)21(27)16-29-23(28)20-15-26(19-9-7-6-8-10-19)24-22(20)18-13-11-17(3)12-14-18/h6-15H,4-5,16H2,1-3H3. The lowest BCUT2D eigenvalue weighted by Crippen LogP contribution is -2.34. The van der Waals surface area contributed by atoms with E-state index in [9.17, 15) is 9.59 Å². The van der Waals surface area contributed by atoms with Crippen LogP contribution in [0, 0.1) is 6.92 Å². The summed E-state index contributed by atoms with van der Waals surface area (Å²) in [5.74, 6) is -0.779. The third-order valence-corrected chi connectivity index (χ3v) is 4.72. The molecule has 1 amide bonds. The zero-order valence-electron chi connectivity index (χ0n) is 17.0. The molecule has 0 fully saturated rings. The van der Waals surface area contributed by atoms with Crippen LogP contribution in [0.4, 0.5) is 0 Å². The molecule has 1 heterocycles. The van der Waals surface area contributed by atoms with Gasteiger partial charge in [0.2, 0.25) is 0 Å². The van der Waals surface area contributed by atoms with E-state index in [1.165, 1.54) is 0 Å². The molecular weight excluding hydrogens is 366 g/mol. The summed E-state index contributed by atoms with van der Waals surface area (Å²) in [5, 5.41) is 4.62. The van der Waals surface area contributed by atoms with Crippen molar-refractivity contribution < 1.29 is 14.3 Å². The molecule has 3 aromatic rings. The van der Waals surface area contributed by atoms with Crippen LogP contribution in [0.25, 0.3) is 16.9 Å². The van der Waals surface area contributed by atoms with Crippen LogP contribution >= 0.6 is 0 Å². The Labute approximate surface area is 170 Å². The molecule has 0 bridgehead atoms. The number of rotatable bonds is 7. The molecule has 0 aliphatic rings. The first-order valence-corrected chi connectivity index (χ1v) is 9.70. The summed E-state index contributed by atoms with van der Waals surface area (Å²) in [6.45, 7) is 6.65. The van der Waals surface area contributed by atoms with Gasteiger partial charge in [0, 0.05) is 24.8 Å². The van der Waals surface area contributed by atoms with Crippen LogP contribution in [0.2, 0.25) is 0 Å². The number of aromatic nitrogens is 2. The Morgan fingerprint density at radius 3 is 2.28 bits per heavy atom. The minimum atomic E-state index is -0.566. The average molecular weight is 391 g/mol. The first kappa shape index (κ1) is 20.3. The van der Waals surface area contributed by atoms with Crippen LogP contribution in [-0.2, 0) is 9.53 Å². The maximum absolute atomic E-state index is 12.8. The lowest BCUT2D eigenvalue weighted by atomic mass is 10.1. The van der Waals surface area contributed by atoms with Gasteiger partial charge in [-0.2, -0.15) is 5.10 Å². The van der Waals surface area contributed by atoms with Crippen molar-refractivity contribution >= 4 is 11.9 Å². The zero-order valence-corrected chi connectivity index (χ0v) is 17.0.